The van der Waals surface area contributed by atoms with Crippen LogP contribution in [0.3, 0.4) is 0 Å². The summed E-state index contributed by atoms with van der Waals surface area (Å²) < 4.78 is 28.5. The van der Waals surface area contributed by atoms with Gasteiger partial charge in [0.25, 0.3) is 11.8 Å². The number of imide groups is 1. The van der Waals surface area contributed by atoms with Crippen molar-refractivity contribution in [3.05, 3.63) is 65.2 Å². The largest absolute Gasteiger partial charge is 0.303 e. The molecule has 2 amide bonds. The number of unbranched alkanes of at least 4 members (excludes halogenated alkanes) is 3. The Labute approximate surface area is 221 Å². The van der Waals surface area contributed by atoms with Crippen molar-refractivity contribution in [1.29, 1.82) is 0 Å². The molecule has 2 heterocycles. The fourth-order valence-electron chi connectivity index (χ4n) is 5.53. The number of benzene rings is 2. The standard InChI is InChI=1S/C29H39N3O4S/c1-4-5-6-9-16-31-17-15-29(3,22(2)21-31)23-11-10-12-24(20-23)30-37(35,36)19-18-32-27(33)25-13-7-8-14-26(25)28(32)34/h7-8,10-14,20,22,30H,4-6,9,15-19,21H2,1-3H3. The van der Waals surface area contributed by atoms with Crippen molar-refractivity contribution in [3.63, 3.8) is 0 Å². The van der Waals surface area contributed by atoms with Crippen molar-refractivity contribution >= 4 is 27.5 Å². The number of hydrogen-bond acceptors (Lipinski definition) is 5. The van der Waals surface area contributed by atoms with Crippen LogP contribution in [0.1, 0.15) is 79.2 Å². The van der Waals surface area contributed by atoms with Crippen molar-refractivity contribution < 1.29 is 18.0 Å². The van der Waals surface area contributed by atoms with E-state index in [4.69, 9.17) is 0 Å². The number of carbonyl (C=O) groups excluding carboxylic acids is 2. The molecular formula is C29H39N3O4S. The van der Waals surface area contributed by atoms with Crippen LogP contribution in [0.5, 0.6) is 0 Å². The SMILES string of the molecule is CCCCCCN1CCC(C)(c2cccc(NS(=O)(=O)CCN3C(=O)c4ccccc4C3=O)c2)C(C)C1. The summed E-state index contributed by atoms with van der Waals surface area (Å²) in [7, 11) is -3.77. The van der Waals surface area contributed by atoms with Crippen LogP contribution < -0.4 is 4.72 Å². The van der Waals surface area contributed by atoms with Gasteiger partial charge in [0.05, 0.1) is 16.9 Å². The average Bonchev–Trinajstić information content (AvgIpc) is 3.12. The molecule has 0 spiro atoms. The van der Waals surface area contributed by atoms with Crippen LogP contribution in [0.2, 0.25) is 0 Å². The van der Waals surface area contributed by atoms with E-state index in [9.17, 15) is 18.0 Å². The van der Waals surface area contributed by atoms with Crippen LogP contribution in [0.4, 0.5) is 5.69 Å². The first-order valence-electron chi connectivity index (χ1n) is 13.4. The molecule has 200 valence electrons. The second-order valence-electron chi connectivity index (χ2n) is 10.7. The van der Waals surface area contributed by atoms with Gasteiger partial charge in [0.15, 0.2) is 0 Å². The van der Waals surface area contributed by atoms with Gasteiger partial charge in [-0.1, -0.05) is 64.3 Å². The zero-order valence-corrected chi connectivity index (χ0v) is 23.0. The van der Waals surface area contributed by atoms with E-state index < -0.39 is 21.8 Å². The molecule has 0 saturated carbocycles. The third-order valence-corrected chi connectivity index (χ3v) is 9.42. The Balaban J connectivity index is 1.37. The van der Waals surface area contributed by atoms with Crippen LogP contribution in [-0.4, -0.2) is 62.0 Å². The van der Waals surface area contributed by atoms with Gasteiger partial charge in [0.2, 0.25) is 10.0 Å². The number of fused-ring (bicyclic) bond motifs is 1. The smallest absolute Gasteiger partial charge is 0.261 e. The van der Waals surface area contributed by atoms with Crippen LogP contribution in [0.15, 0.2) is 48.5 Å². The van der Waals surface area contributed by atoms with Gasteiger partial charge in [0, 0.05) is 18.8 Å². The zero-order valence-electron chi connectivity index (χ0n) is 22.2. The van der Waals surface area contributed by atoms with E-state index in [0.717, 1.165) is 36.5 Å². The highest BCUT2D eigenvalue weighted by atomic mass is 32.2. The van der Waals surface area contributed by atoms with Crippen molar-refractivity contribution in [2.24, 2.45) is 5.92 Å². The summed E-state index contributed by atoms with van der Waals surface area (Å²) in [6.45, 7) is 9.84. The number of nitrogens with zero attached hydrogens (tertiary/aromatic N) is 2. The molecule has 8 heteroatoms. The highest BCUT2D eigenvalue weighted by molar-refractivity contribution is 7.92. The molecule has 1 fully saturated rings. The van der Waals surface area contributed by atoms with E-state index in [0.29, 0.717) is 22.7 Å². The molecule has 2 aromatic carbocycles. The second-order valence-corrected chi connectivity index (χ2v) is 12.6. The molecule has 2 aliphatic rings. The predicted octanol–water partition coefficient (Wildman–Crippen LogP) is 4.90. The van der Waals surface area contributed by atoms with Crippen molar-refractivity contribution in [1.82, 2.24) is 9.80 Å². The highest BCUT2D eigenvalue weighted by Gasteiger charge is 2.38. The number of carbonyl (C=O) groups is 2. The molecule has 1 N–H and O–H groups in total. The molecule has 2 unspecified atom stereocenters. The lowest BCUT2D eigenvalue weighted by atomic mass is 9.68. The number of sulfonamides is 1. The Morgan fingerprint density at radius 3 is 2.32 bits per heavy atom. The summed E-state index contributed by atoms with van der Waals surface area (Å²) in [5.74, 6) is -0.815. The number of piperidine rings is 1. The van der Waals surface area contributed by atoms with Gasteiger partial charge in [-0.15, -0.1) is 0 Å². The lowest BCUT2D eigenvalue weighted by Gasteiger charge is -2.45. The minimum Gasteiger partial charge on any atom is -0.303 e. The summed E-state index contributed by atoms with van der Waals surface area (Å²) in [4.78, 5) is 28.7. The maximum atomic E-state index is 12.9. The Morgan fingerprint density at radius 2 is 1.68 bits per heavy atom. The molecule has 1 saturated heterocycles. The first kappa shape index (κ1) is 27.3. The average molecular weight is 526 g/mol. The van der Waals surface area contributed by atoms with Gasteiger partial charge in [-0.3, -0.25) is 19.2 Å². The van der Waals surface area contributed by atoms with E-state index >= 15 is 0 Å². The summed E-state index contributed by atoms with van der Waals surface area (Å²) in [5, 5.41) is 0. The first-order valence-corrected chi connectivity index (χ1v) is 15.1. The van der Waals surface area contributed by atoms with Gasteiger partial charge in [0.1, 0.15) is 0 Å². The van der Waals surface area contributed by atoms with Gasteiger partial charge in [-0.2, -0.15) is 0 Å². The van der Waals surface area contributed by atoms with E-state index in [1.165, 1.54) is 25.7 Å². The molecule has 2 atom stereocenters. The van der Waals surface area contributed by atoms with Crippen molar-refractivity contribution in [2.45, 2.75) is 58.3 Å². The zero-order chi connectivity index (χ0) is 26.6. The van der Waals surface area contributed by atoms with E-state index in [1.54, 1.807) is 30.3 Å². The van der Waals surface area contributed by atoms with Crippen LogP contribution in [0, 0.1) is 5.92 Å². The van der Waals surface area contributed by atoms with Crippen LogP contribution >= 0.6 is 0 Å². The first-order chi connectivity index (χ1) is 17.6. The van der Waals surface area contributed by atoms with E-state index in [1.807, 2.05) is 12.1 Å². The predicted molar refractivity (Wildman–Crippen MR) is 147 cm³/mol. The summed E-state index contributed by atoms with van der Waals surface area (Å²) in [6, 6.07) is 14.2. The summed E-state index contributed by atoms with van der Waals surface area (Å²) >= 11 is 0. The van der Waals surface area contributed by atoms with Crippen molar-refractivity contribution in [2.75, 3.05) is 36.7 Å². The fourth-order valence-corrected chi connectivity index (χ4v) is 6.54. The molecule has 0 radical (unpaired) electrons. The van der Waals surface area contributed by atoms with E-state index in [-0.39, 0.29) is 17.7 Å². The van der Waals surface area contributed by atoms with Crippen LogP contribution in [-0.2, 0) is 15.4 Å². The van der Waals surface area contributed by atoms with Gasteiger partial charge in [-0.25, -0.2) is 8.42 Å². The second kappa shape index (κ2) is 11.4. The molecule has 37 heavy (non-hydrogen) atoms. The third-order valence-electron chi connectivity index (χ3n) is 8.15. The monoisotopic (exact) mass is 525 g/mol. The number of nitrogens with one attached hydrogen (secondary N) is 1. The normalized spacial score (nSPS) is 22.4. The third kappa shape index (κ3) is 6.07. The Kier molecular flexibility index (Phi) is 8.39. The van der Waals surface area contributed by atoms with Crippen LogP contribution in [0.25, 0.3) is 0 Å². The molecule has 0 bridgehead atoms. The van der Waals surface area contributed by atoms with Gasteiger partial charge in [-0.05, 0) is 67.1 Å². The lowest BCUT2D eigenvalue weighted by molar-refractivity contribution is 0.0664. The summed E-state index contributed by atoms with van der Waals surface area (Å²) in [6.07, 6.45) is 6.10. The Hall–Kier alpha value is -2.71. The highest BCUT2D eigenvalue weighted by Crippen LogP contribution is 2.40. The maximum Gasteiger partial charge on any atom is 0.261 e. The summed E-state index contributed by atoms with van der Waals surface area (Å²) in [5.41, 5.74) is 2.24. The molecule has 4 rings (SSSR count). The minimum absolute atomic E-state index is 0.0401. The Bertz CT molecular complexity index is 1210. The minimum atomic E-state index is -3.77. The number of anilines is 1. The van der Waals surface area contributed by atoms with E-state index in [2.05, 4.69) is 36.5 Å². The molecule has 2 aromatic rings. The number of rotatable bonds is 11. The van der Waals surface area contributed by atoms with Gasteiger partial charge >= 0.3 is 0 Å². The topological polar surface area (TPSA) is 86.8 Å². The molecule has 2 aliphatic heterocycles. The molecule has 7 nitrogen and oxygen atoms in total. The molecule has 0 aromatic heterocycles. The Morgan fingerprint density at radius 1 is 0.973 bits per heavy atom. The maximum absolute atomic E-state index is 12.9. The number of hydrogen-bond donors (Lipinski definition) is 1. The molecule has 0 aliphatic carbocycles. The number of likely N-dealkylation sites (tertiary alicyclic amines) is 1. The van der Waals surface area contributed by atoms with Gasteiger partial charge < -0.3 is 4.90 Å². The quantitative estimate of drug-likeness (QED) is 0.333. The van der Waals surface area contributed by atoms with Crippen molar-refractivity contribution in [3.8, 4) is 0 Å². The fraction of sp³-hybridized carbons (Fsp3) is 0.517. The number of amides is 2. The lowest BCUT2D eigenvalue weighted by Crippen LogP contribution is -2.47. The molecular weight excluding hydrogens is 486 g/mol.